The highest BCUT2D eigenvalue weighted by Gasteiger charge is 2.16. The smallest absolute Gasteiger partial charge is 0.306 e. The third kappa shape index (κ3) is 21.5. The van der Waals surface area contributed by atoms with Gasteiger partial charge in [0.1, 0.15) is 0 Å². The number of aliphatic carboxylic acids is 1. The van der Waals surface area contributed by atoms with Gasteiger partial charge in [0, 0.05) is 6.42 Å². The van der Waals surface area contributed by atoms with Gasteiger partial charge in [-0.05, 0) is 32.6 Å². The van der Waals surface area contributed by atoms with E-state index in [4.69, 9.17) is 5.11 Å². The Kier molecular flexibility index (Phi) is 20.1. The van der Waals surface area contributed by atoms with Crippen molar-refractivity contribution in [3.8, 4) is 0 Å². The third-order valence-corrected chi connectivity index (χ3v) is 6.04. The van der Waals surface area contributed by atoms with Crippen molar-refractivity contribution < 1.29 is 15.0 Å². The van der Waals surface area contributed by atoms with Gasteiger partial charge in [-0.3, -0.25) is 4.79 Å². The Morgan fingerprint density at radius 1 is 0.600 bits per heavy atom. The van der Waals surface area contributed by atoms with Gasteiger partial charge in [0.15, 0.2) is 0 Å². The molecule has 3 heteroatoms. The minimum Gasteiger partial charge on any atom is -0.513 e. The molecule has 0 saturated carbocycles. The SMILES string of the molecule is C=C(C)CCC(CCCCCCCCCCCCCCCCCCC(=C)O)C(=O)O. The van der Waals surface area contributed by atoms with Gasteiger partial charge in [-0.15, -0.1) is 6.58 Å². The van der Waals surface area contributed by atoms with Crippen LogP contribution in [-0.4, -0.2) is 16.2 Å². The first kappa shape index (κ1) is 28.8. The molecular weight excluding hydrogens is 372 g/mol. The number of allylic oxidation sites excluding steroid dienone is 2. The zero-order valence-electron chi connectivity index (χ0n) is 19.9. The van der Waals surface area contributed by atoms with E-state index in [0.29, 0.717) is 5.76 Å². The van der Waals surface area contributed by atoms with E-state index < -0.39 is 5.97 Å². The molecular formula is C27H50O3. The maximum Gasteiger partial charge on any atom is 0.306 e. The van der Waals surface area contributed by atoms with Crippen molar-refractivity contribution in [2.24, 2.45) is 5.92 Å². The summed E-state index contributed by atoms with van der Waals surface area (Å²) in [6.45, 7) is 9.37. The van der Waals surface area contributed by atoms with Gasteiger partial charge in [-0.1, -0.05) is 108 Å². The predicted molar refractivity (Wildman–Crippen MR) is 130 cm³/mol. The van der Waals surface area contributed by atoms with E-state index in [2.05, 4.69) is 13.2 Å². The van der Waals surface area contributed by atoms with Crippen LogP contribution in [0.25, 0.3) is 0 Å². The average Bonchev–Trinajstić information content (AvgIpc) is 2.68. The van der Waals surface area contributed by atoms with E-state index in [-0.39, 0.29) is 5.92 Å². The summed E-state index contributed by atoms with van der Waals surface area (Å²) in [5, 5.41) is 18.3. The largest absolute Gasteiger partial charge is 0.513 e. The lowest BCUT2D eigenvalue weighted by Gasteiger charge is -2.12. The first-order valence-electron chi connectivity index (χ1n) is 12.7. The Labute approximate surface area is 187 Å². The molecule has 0 fully saturated rings. The molecule has 0 saturated heterocycles. The fourth-order valence-corrected chi connectivity index (χ4v) is 4.01. The summed E-state index contributed by atoms with van der Waals surface area (Å²) >= 11 is 0. The highest BCUT2D eigenvalue weighted by Crippen LogP contribution is 2.19. The van der Waals surface area contributed by atoms with E-state index in [0.717, 1.165) is 44.1 Å². The van der Waals surface area contributed by atoms with Crippen molar-refractivity contribution in [2.75, 3.05) is 0 Å². The number of carboxylic acid groups (broad SMARTS) is 1. The number of unbranched alkanes of at least 4 members (excludes halogenated alkanes) is 15. The van der Waals surface area contributed by atoms with Crippen LogP contribution in [0.15, 0.2) is 24.5 Å². The normalized spacial score (nSPS) is 12.0. The average molecular weight is 423 g/mol. The van der Waals surface area contributed by atoms with Crippen molar-refractivity contribution in [2.45, 2.75) is 135 Å². The highest BCUT2D eigenvalue weighted by atomic mass is 16.4. The maximum absolute atomic E-state index is 11.3. The maximum atomic E-state index is 11.3. The molecule has 0 aliphatic rings. The van der Waals surface area contributed by atoms with E-state index in [1.165, 1.54) is 89.9 Å². The van der Waals surface area contributed by atoms with Gasteiger partial charge in [-0.25, -0.2) is 0 Å². The summed E-state index contributed by atoms with van der Waals surface area (Å²) < 4.78 is 0. The van der Waals surface area contributed by atoms with Crippen LogP contribution in [-0.2, 0) is 4.79 Å². The third-order valence-electron chi connectivity index (χ3n) is 6.04. The predicted octanol–water partition coefficient (Wildman–Crippen LogP) is 9.14. The molecule has 0 aromatic carbocycles. The van der Waals surface area contributed by atoms with Gasteiger partial charge in [-0.2, -0.15) is 0 Å². The molecule has 0 aliphatic carbocycles. The van der Waals surface area contributed by atoms with Crippen molar-refractivity contribution in [3.05, 3.63) is 24.5 Å². The molecule has 0 heterocycles. The highest BCUT2D eigenvalue weighted by molar-refractivity contribution is 5.69. The van der Waals surface area contributed by atoms with Crippen LogP contribution in [0.3, 0.4) is 0 Å². The molecule has 0 rings (SSSR count). The Morgan fingerprint density at radius 2 is 0.967 bits per heavy atom. The van der Waals surface area contributed by atoms with Crippen LogP contribution in [0.1, 0.15) is 135 Å². The second kappa shape index (κ2) is 21.0. The molecule has 0 aromatic heterocycles. The van der Waals surface area contributed by atoms with Crippen LogP contribution in [0.2, 0.25) is 0 Å². The molecule has 1 unspecified atom stereocenters. The number of hydrogen-bond donors (Lipinski definition) is 2. The van der Waals surface area contributed by atoms with Crippen LogP contribution in [0.4, 0.5) is 0 Å². The van der Waals surface area contributed by atoms with E-state index in [1.54, 1.807) is 0 Å². The molecule has 0 aromatic rings. The number of aliphatic hydroxyl groups is 1. The second-order valence-corrected chi connectivity index (χ2v) is 9.29. The molecule has 1 atom stereocenters. The Morgan fingerprint density at radius 3 is 1.30 bits per heavy atom. The molecule has 0 amide bonds. The Bertz CT molecular complexity index is 441. The molecule has 3 nitrogen and oxygen atoms in total. The second-order valence-electron chi connectivity index (χ2n) is 9.29. The molecule has 30 heavy (non-hydrogen) atoms. The van der Waals surface area contributed by atoms with Crippen LogP contribution in [0, 0.1) is 5.92 Å². The molecule has 0 radical (unpaired) electrons. The first-order chi connectivity index (χ1) is 14.4. The Balaban J connectivity index is 3.28. The molecule has 0 spiro atoms. The number of carboxylic acids is 1. The summed E-state index contributed by atoms with van der Waals surface area (Å²) in [7, 11) is 0. The minimum absolute atomic E-state index is 0.187. The summed E-state index contributed by atoms with van der Waals surface area (Å²) in [6.07, 6.45) is 23.8. The van der Waals surface area contributed by atoms with E-state index in [9.17, 15) is 9.90 Å². The first-order valence-corrected chi connectivity index (χ1v) is 12.7. The lowest BCUT2D eigenvalue weighted by Crippen LogP contribution is -2.13. The standard InChI is InChI=1S/C27H50O3/c1-24(2)22-23-26(27(29)30)21-19-17-15-13-11-9-7-5-4-6-8-10-12-14-16-18-20-25(3)28/h26,28H,1,3-23H2,2H3,(H,29,30). The lowest BCUT2D eigenvalue weighted by atomic mass is 9.94. The number of carbonyl (C=O) groups is 1. The zero-order valence-corrected chi connectivity index (χ0v) is 19.9. The fraction of sp³-hybridized carbons (Fsp3) is 0.815. The topological polar surface area (TPSA) is 57.5 Å². The molecule has 176 valence electrons. The van der Waals surface area contributed by atoms with Crippen molar-refractivity contribution in [1.82, 2.24) is 0 Å². The van der Waals surface area contributed by atoms with E-state index >= 15 is 0 Å². The number of hydrogen-bond acceptors (Lipinski definition) is 2. The molecule has 0 aliphatic heterocycles. The van der Waals surface area contributed by atoms with Crippen molar-refractivity contribution >= 4 is 5.97 Å². The van der Waals surface area contributed by atoms with Gasteiger partial charge >= 0.3 is 5.97 Å². The fourth-order valence-electron chi connectivity index (χ4n) is 4.01. The van der Waals surface area contributed by atoms with Crippen molar-refractivity contribution in [3.63, 3.8) is 0 Å². The monoisotopic (exact) mass is 422 g/mol. The van der Waals surface area contributed by atoms with Crippen molar-refractivity contribution in [1.29, 1.82) is 0 Å². The van der Waals surface area contributed by atoms with Crippen LogP contribution < -0.4 is 0 Å². The van der Waals surface area contributed by atoms with Gasteiger partial charge in [0.25, 0.3) is 0 Å². The summed E-state index contributed by atoms with van der Waals surface area (Å²) in [5.41, 5.74) is 1.08. The van der Waals surface area contributed by atoms with Gasteiger partial charge < -0.3 is 10.2 Å². The minimum atomic E-state index is -0.638. The van der Waals surface area contributed by atoms with Gasteiger partial charge in [0.2, 0.25) is 0 Å². The van der Waals surface area contributed by atoms with Gasteiger partial charge in [0.05, 0.1) is 11.7 Å². The molecule has 0 bridgehead atoms. The van der Waals surface area contributed by atoms with Crippen LogP contribution in [0.5, 0.6) is 0 Å². The molecule has 2 N–H and O–H groups in total. The van der Waals surface area contributed by atoms with E-state index in [1.807, 2.05) is 6.92 Å². The summed E-state index contributed by atoms with van der Waals surface area (Å²) in [6, 6.07) is 0. The van der Waals surface area contributed by atoms with Crippen LogP contribution >= 0.6 is 0 Å². The Hall–Kier alpha value is -1.25. The number of aliphatic hydroxyl groups excluding tert-OH is 1. The summed E-state index contributed by atoms with van der Waals surface area (Å²) in [5.74, 6) is -0.497. The summed E-state index contributed by atoms with van der Waals surface area (Å²) in [4.78, 5) is 11.3. The number of rotatable bonds is 23. The zero-order chi connectivity index (χ0) is 22.5. The lowest BCUT2D eigenvalue weighted by molar-refractivity contribution is -0.142. The quantitative estimate of drug-likeness (QED) is 0.0980.